The molecule has 2 rings (SSSR count). The van der Waals surface area contributed by atoms with Gasteiger partial charge >= 0.3 is 0 Å². The van der Waals surface area contributed by atoms with Crippen LogP contribution >= 0.6 is 0 Å². The highest BCUT2D eigenvalue weighted by molar-refractivity contribution is 5.89. The molecule has 0 radical (unpaired) electrons. The van der Waals surface area contributed by atoms with Gasteiger partial charge in [-0.15, -0.1) is 0 Å². The van der Waals surface area contributed by atoms with Crippen LogP contribution in [0, 0.1) is 5.82 Å². The second-order valence-corrected chi connectivity index (χ2v) is 5.11. The van der Waals surface area contributed by atoms with Crippen molar-refractivity contribution in [3.05, 3.63) is 71.5 Å². The van der Waals surface area contributed by atoms with Crippen molar-refractivity contribution < 1.29 is 19.1 Å². The zero-order valence-corrected chi connectivity index (χ0v) is 12.3. The van der Waals surface area contributed by atoms with Crippen molar-refractivity contribution in [1.82, 2.24) is 5.32 Å². The Hall–Kier alpha value is -2.73. The van der Waals surface area contributed by atoms with E-state index in [9.17, 15) is 19.1 Å². The Labute approximate surface area is 132 Å². The third kappa shape index (κ3) is 4.62. The Morgan fingerprint density at radius 2 is 1.83 bits per heavy atom. The number of aliphatic hydroxyl groups excluding tert-OH is 1. The molecule has 0 bridgehead atoms. The number of benzene rings is 2. The Balaban J connectivity index is 2.07. The SMILES string of the molecule is NC(=O)[C@@H](Cc1cccc(F)c1)NC(=O)[C@@H](O)c1ccccc1. The Morgan fingerprint density at radius 1 is 1.13 bits per heavy atom. The molecule has 0 unspecified atom stereocenters. The average molecular weight is 316 g/mol. The predicted octanol–water partition coefficient (Wildman–Crippen LogP) is 1.07. The largest absolute Gasteiger partial charge is 0.378 e. The summed E-state index contributed by atoms with van der Waals surface area (Å²) in [7, 11) is 0. The summed E-state index contributed by atoms with van der Waals surface area (Å²) >= 11 is 0. The minimum atomic E-state index is -1.41. The van der Waals surface area contributed by atoms with Gasteiger partial charge in [0.25, 0.3) is 5.91 Å². The number of carbonyl (C=O) groups is 2. The van der Waals surface area contributed by atoms with Crippen LogP contribution in [0.15, 0.2) is 54.6 Å². The van der Waals surface area contributed by atoms with Gasteiger partial charge in [-0.05, 0) is 23.3 Å². The van der Waals surface area contributed by atoms with Crippen molar-refractivity contribution in [2.24, 2.45) is 5.73 Å². The molecule has 0 saturated heterocycles. The number of rotatable bonds is 6. The summed E-state index contributed by atoms with van der Waals surface area (Å²) in [6, 6.07) is 12.9. The Morgan fingerprint density at radius 3 is 2.43 bits per heavy atom. The maximum absolute atomic E-state index is 13.2. The van der Waals surface area contributed by atoms with Gasteiger partial charge in [0.15, 0.2) is 6.10 Å². The molecule has 2 atom stereocenters. The third-order valence-electron chi connectivity index (χ3n) is 3.35. The lowest BCUT2D eigenvalue weighted by Gasteiger charge is -2.18. The van der Waals surface area contributed by atoms with Crippen LogP contribution in [0.3, 0.4) is 0 Å². The summed E-state index contributed by atoms with van der Waals surface area (Å²) in [5, 5.41) is 12.4. The van der Waals surface area contributed by atoms with Crippen LogP contribution in [0.25, 0.3) is 0 Å². The molecule has 2 aromatic rings. The van der Waals surface area contributed by atoms with Crippen LogP contribution in [0.4, 0.5) is 4.39 Å². The van der Waals surface area contributed by atoms with E-state index >= 15 is 0 Å². The summed E-state index contributed by atoms with van der Waals surface area (Å²) in [6.45, 7) is 0. The summed E-state index contributed by atoms with van der Waals surface area (Å²) in [5.41, 5.74) is 6.20. The molecule has 0 fully saturated rings. The van der Waals surface area contributed by atoms with Gasteiger partial charge in [0.1, 0.15) is 11.9 Å². The molecule has 4 N–H and O–H groups in total. The van der Waals surface area contributed by atoms with Crippen LogP contribution in [-0.4, -0.2) is 23.0 Å². The first-order valence-corrected chi connectivity index (χ1v) is 7.04. The molecule has 5 nitrogen and oxygen atoms in total. The molecular weight excluding hydrogens is 299 g/mol. The molecular formula is C17H17FN2O3. The second-order valence-electron chi connectivity index (χ2n) is 5.11. The van der Waals surface area contributed by atoms with Crippen molar-refractivity contribution >= 4 is 11.8 Å². The summed E-state index contributed by atoms with van der Waals surface area (Å²) in [6.07, 6.45) is -1.37. The maximum atomic E-state index is 13.2. The van der Waals surface area contributed by atoms with E-state index in [1.54, 1.807) is 36.4 Å². The average Bonchev–Trinajstić information content (AvgIpc) is 2.54. The number of primary amides is 1. The second kappa shape index (κ2) is 7.51. The van der Waals surface area contributed by atoms with E-state index in [1.165, 1.54) is 18.2 Å². The van der Waals surface area contributed by atoms with Gasteiger partial charge in [0.2, 0.25) is 5.91 Å². The van der Waals surface area contributed by atoms with Gasteiger partial charge in [0, 0.05) is 6.42 Å². The van der Waals surface area contributed by atoms with Gasteiger partial charge in [-0.2, -0.15) is 0 Å². The van der Waals surface area contributed by atoms with E-state index in [1.807, 2.05) is 0 Å². The topological polar surface area (TPSA) is 92.4 Å². The predicted molar refractivity (Wildman–Crippen MR) is 82.6 cm³/mol. The van der Waals surface area contributed by atoms with Crippen molar-refractivity contribution in [1.29, 1.82) is 0 Å². The molecule has 0 heterocycles. The fraction of sp³-hybridized carbons (Fsp3) is 0.176. The monoisotopic (exact) mass is 316 g/mol. The molecule has 0 aliphatic rings. The molecule has 120 valence electrons. The Bertz CT molecular complexity index is 691. The van der Waals surface area contributed by atoms with E-state index in [0.29, 0.717) is 11.1 Å². The van der Waals surface area contributed by atoms with Gasteiger partial charge < -0.3 is 16.2 Å². The van der Waals surface area contributed by atoms with Crippen LogP contribution in [0.2, 0.25) is 0 Å². The van der Waals surface area contributed by atoms with E-state index in [-0.39, 0.29) is 6.42 Å². The van der Waals surface area contributed by atoms with Gasteiger partial charge in [-0.25, -0.2) is 4.39 Å². The first kappa shape index (κ1) is 16.6. The zero-order chi connectivity index (χ0) is 16.8. The first-order valence-electron chi connectivity index (χ1n) is 7.04. The summed E-state index contributed by atoms with van der Waals surface area (Å²) in [4.78, 5) is 23.6. The highest BCUT2D eigenvalue weighted by atomic mass is 19.1. The number of halogens is 1. The normalized spacial score (nSPS) is 13.1. The van der Waals surface area contributed by atoms with Gasteiger partial charge in [-0.3, -0.25) is 9.59 Å². The van der Waals surface area contributed by atoms with Crippen molar-refractivity contribution in [2.45, 2.75) is 18.6 Å². The van der Waals surface area contributed by atoms with Crippen LogP contribution in [0.1, 0.15) is 17.2 Å². The standard InChI is InChI=1S/C17H17FN2O3/c18-13-8-4-5-11(9-13)10-14(16(19)22)20-17(23)15(21)12-6-2-1-3-7-12/h1-9,14-15,21H,10H2,(H2,19,22)(H,20,23)/t14-,15+/m1/s1. The molecule has 0 saturated carbocycles. The fourth-order valence-electron chi connectivity index (χ4n) is 2.16. The fourth-order valence-corrected chi connectivity index (χ4v) is 2.16. The molecule has 0 spiro atoms. The quantitative estimate of drug-likeness (QED) is 0.744. The number of hydrogen-bond donors (Lipinski definition) is 3. The number of amides is 2. The molecule has 0 aromatic heterocycles. The highest BCUT2D eigenvalue weighted by Crippen LogP contribution is 2.13. The highest BCUT2D eigenvalue weighted by Gasteiger charge is 2.24. The van der Waals surface area contributed by atoms with Crippen molar-refractivity contribution in [3.63, 3.8) is 0 Å². The van der Waals surface area contributed by atoms with E-state index in [4.69, 9.17) is 5.73 Å². The summed E-state index contributed by atoms with van der Waals surface area (Å²) in [5.74, 6) is -1.94. The van der Waals surface area contributed by atoms with Crippen molar-refractivity contribution in [3.8, 4) is 0 Å². The lowest BCUT2D eigenvalue weighted by molar-refractivity contribution is -0.133. The van der Waals surface area contributed by atoms with Crippen LogP contribution in [0.5, 0.6) is 0 Å². The molecule has 2 aromatic carbocycles. The third-order valence-corrected chi connectivity index (χ3v) is 3.35. The minimum absolute atomic E-state index is 0.0420. The van der Waals surface area contributed by atoms with Crippen LogP contribution in [-0.2, 0) is 16.0 Å². The first-order chi connectivity index (χ1) is 11.0. The van der Waals surface area contributed by atoms with E-state index in [2.05, 4.69) is 5.32 Å². The minimum Gasteiger partial charge on any atom is -0.378 e. The van der Waals surface area contributed by atoms with Crippen LogP contribution < -0.4 is 11.1 Å². The molecule has 0 aliphatic carbocycles. The zero-order valence-electron chi connectivity index (χ0n) is 12.3. The lowest BCUT2D eigenvalue weighted by Crippen LogP contribution is -2.47. The number of aliphatic hydroxyl groups is 1. The van der Waals surface area contributed by atoms with Gasteiger partial charge in [0.05, 0.1) is 0 Å². The van der Waals surface area contributed by atoms with Crippen molar-refractivity contribution in [2.75, 3.05) is 0 Å². The van der Waals surface area contributed by atoms with E-state index < -0.39 is 29.8 Å². The Kier molecular flexibility index (Phi) is 5.43. The molecule has 0 aliphatic heterocycles. The number of hydrogen-bond acceptors (Lipinski definition) is 3. The lowest BCUT2D eigenvalue weighted by atomic mass is 10.0. The molecule has 23 heavy (non-hydrogen) atoms. The number of nitrogens with one attached hydrogen (secondary N) is 1. The molecule has 6 heteroatoms. The molecule has 2 amide bonds. The number of nitrogens with two attached hydrogens (primary N) is 1. The maximum Gasteiger partial charge on any atom is 0.254 e. The van der Waals surface area contributed by atoms with E-state index in [0.717, 1.165) is 0 Å². The summed E-state index contributed by atoms with van der Waals surface area (Å²) < 4.78 is 13.2. The number of carbonyl (C=O) groups excluding carboxylic acids is 2. The van der Waals surface area contributed by atoms with Gasteiger partial charge in [-0.1, -0.05) is 42.5 Å². The smallest absolute Gasteiger partial charge is 0.254 e.